The van der Waals surface area contributed by atoms with Gasteiger partial charge in [0.15, 0.2) is 5.54 Å². The summed E-state index contributed by atoms with van der Waals surface area (Å²) < 4.78 is 11.6. The third-order valence-electron chi connectivity index (χ3n) is 6.85. The number of benzene rings is 4. The maximum absolute atomic E-state index is 13.8. The van der Waals surface area contributed by atoms with E-state index in [4.69, 9.17) is 25.1 Å². The molecule has 0 aromatic heterocycles. The van der Waals surface area contributed by atoms with Gasteiger partial charge in [0.1, 0.15) is 12.4 Å². The van der Waals surface area contributed by atoms with Crippen LogP contribution in [0.4, 0.5) is 5.69 Å². The van der Waals surface area contributed by atoms with Crippen LogP contribution in [0.15, 0.2) is 101 Å². The molecule has 1 heterocycles. The highest BCUT2D eigenvalue weighted by atomic mass is 16.5. The molecule has 208 valence electrons. The molecule has 0 fully saturated rings. The van der Waals surface area contributed by atoms with Gasteiger partial charge in [-0.05, 0) is 51.7 Å². The van der Waals surface area contributed by atoms with E-state index < -0.39 is 5.54 Å². The Morgan fingerprint density at radius 3 is 2.61 bits per heavy atom. The number of carbonyl (C=O) groups is 1. The van der Waals surface area contributed by atoms with E-state index in [2.05, 4.69) is 20.9 Å². The summed E-state index contributed by atoms with van der Waals surface area (Å²) in [5.74, 6) is 0.621. The highest BCUT2D eigenvalue weighted by Gasteiger charge is 2.45. The van der Waals surface area contributed by atoms with Crippen molar-refractivity contribution < 1.29 is 19.4 Å². The molecule has 3 N–H and O–H groups in total. The Hall–Kier alpha value is -4.89. The third-order valence-corrected chi connectivity index (χ3v) is 6.85. The van der Waals surface area contributed by atoms with Crippen LogP contribution in [0, 0.1) is 0 Å². The van der Waals surface area contributed by atoms with Gasteiger partial charge in [0.2, 0.25) is 5.90 Å². The van der Waals surface area contributed by atoms with Gasteiger partial charge in [-0.25, -0.2) is 10.4 Å². The van der Waals surface area contributed by atoms with E-state index in [0.29, 0.717) is 48.0 Å². The van der Waals surface area contributed by atoms with Gasteiger partial charge in [-0.2, -0.15) is 0 Å². The van der Waals surface area contributed by atoms with Crippen molar-refractivity contribution in [1.82, 2.24) is 10.9 Å². The van der Waals surface area contributed by atoms with Crippen molar-refractivity contribution in [2.24, 2.45) is 10.1 Å². The molecule has 0 spiro atoms. The standard InChI is InChI=1S/C31H30N6O4/c32-37-35-28-12-4-2-8-24(28)19-31(21-41-29(34-31)23-13-15-26(16-14-23)40-18-6-17-38)30(39)36-33-20-25-10-5-9-22-7-1-3-11-27(22)25/h1-5,7-16,33,38H,6,17-21H2,(H,36,39)/t31-/m0/s1. The molecule has 5 rings (SSSR count). The molecule has 0 unspecified atom stereocenters. The zero-order valence-electron chi connectivity index (χ0n) is 22.4. The lowest BCUT2D eigenvalue weighted by Gasteiger charge is -2.24. The molecule has 0 radical (unpaired) electrons. The molecule has 10 heteroatoms. The van der Waals surface area contributed by atoms with Crippen LogP contribution in [-0.2, 0) is 22.5 Å². The average molecular weight is 551 g/mol. The molecule has 0 saturated carbocycles. The van der Waals surface area contributed by atoms with Gasteiger partial charge < -0.3 is 14.6 Å². The number of carbonyl (C=O) groups excluding carboxylic acids is 1. The molecule has 4 aromatic rings. The molecule has 1 amide bonds. The Kier molecular flexibility index (Phi) is 8.76. The molecule has 1 aliphatic heterocycles. The number of hydrogen-bond donors (Lipinski definition) is 3. The largest absolute Gasteiger partial charge is 0.494 e. The lowest BCUT2D eigenvalue weighted by molar-refractivity contribution is -0.127. The maximum atomic E-state index is 13.8. The number of ether oxygens (including phenoxy) is 2. The van der Waals surface area contributed by atoms with E-state index in [0.717, 1.165) is 16.3 Å². The molecular formula is C31H30N6O4. The number of rotatable bonds is 12. The van der Waals surface area contributed by atoms with Gasteiger partial charge in [0, 0.05) is 42.2 Å². The van der Waals surface area contributed by atoms with Crippen molar-refractivity contribution in [2.75, 3.05) is 19.8 Å². The Morgan fingerprint density at radius 2 is 1.78 bits per heavy atom. The minimum Gasteiger partial charge on any atom is -0.494 e. The van der Waals surface area contributed by atoms with Gasteiger partial charge in [0.25, 0.3) is 5.91 Å². The van der Waals surface area contributed by atoms with E-state index in [1.165, 1.54) is 0 Å². The first-order valence-electron chi connectivity index (χ1n) is 13.3. The predicted octanol–water partition coefficient (Wildman–Crippen LogP) is 5.12. The summed E-state index contributed by atoms with van der Waals surface area (Å²) in [5, 5.41) is 15.0. The van der Waals surface area contributed by atoms with E-state index >= 15 is 0 Å². The summed E-state index contributed by atoms with van der Waals surface area (Å²) in [7, 11) is 0. The number of fused-ring (bicyclic) bond motifs is 1. The fraction of sp³-hybridized carbons (Fsp3) is 0.226. The molecule has 4 aromatic carbocycles. The second kappa shape index (κ2) is 13.0. The topological polar surface area (TPSA) is 141 Å². The van der Waals surface area contributed by atoms with Crippen LogP contribution in [0.25, 0.3) is 21.2 Å². The third kappa shape index (κ3) is 6.47. The van der Waals surface area contributed by atoms with Crippen molar-refractivity contribution in [3.63, 3.8) is 0 Å². The number of nitrogens with zero attached hydrogens (tertiary/aromatic N) is 4. The first-order chi connectivity index (χ1) is 20.1. The minimum atomic E-state index is -1.31. The average Bonchev–Trinajstić information content (AvgIpc) is 3.44. The summed E-state index contributed by atoms with van der Waals surface area (Å²) >= 11 is 0. The summed E-state index contributed by atoms with van der Waals surface area (Å²) in [6.07, 6.45) is 0.705. The number of aliphatic hydroxyl groups is 1. The smallest absolute Gasteiger partial charge is 0.266 e. The highest BCUT2D eigenvalue weighted by molar-refractivity contribution is 6.00. The van der Waals surface area contributed by atoms with E-state index in [9.17, 15) is 4.79 Å². The van der Waals surface area contributed by atoms with E-state index in [-0.39, 0.29) is 25.5 Å². The van der Waals surface area contributed by atoms with Gasteiger partial charge >= 0.3 is 0 Å². The monoisotopic (exact) mass is 550 g/mol. The normalized spacial score (nSPS) is 16.0. The first kappa shape index (κ1) is 27.7. The van der Waals surface area contributed by atoms with Crippen molar-refractivity contribution in [3.8, 4) is 5.75 Å². The van der Waals surface area contributed by atoms with Crippen LogP contribution < -0.4 is 15.6 Å². The van der Waals surface area contributed by atoms with Crippen LogP contribution in [0.3, 0.4) is 0 Å². The molecule has 0 bridgehead atoms. The summed E-state index contributed by atoms with van der Waals surface area (Å²) in [5.41, 5.74) is 16.5. The maximum Gasteiger partial charge on any atom is 0.266 e. The predicted molar refractivity (Wildman–Crippen MR) is 157 cm³/mol. The molecule has 1 aliphatic rings. The Balaban J connectivity index is 1.38. The number of aliphatic imine (C=N–C) groups is 1. The number of azide groups is 1. The summed E-state index contributed by atoms with van der Waals surface area (Å²) in [6.45, 7) is 0.885. The molecule has 41 heavy (non-hydrogen) atoms. The van der Waals surface area contributed by atoms with Crippen LogP contribution in [-0.4, -0.2) is 42.3 Å². The zero-order chi connectivity index (χ0) is 28.5. The summed E-state index contributed by atoms with van der Waals surface area (Å²) in [4.78, 5) is 21.5. The van der Waals surface area contributed by atoms with E-state index in [1.807, 2.05) is 66.7 Å². The Morgan fingerprint density at radius 1 is 1.02 bits per heavy atom. The second-order valence-electron chi connectivity index (χ2n) is 9.63. The molecular weight excluding hydrogens is 520 g/mol. The molecule has 10 nitrogen and oxygen atoms in total. The van der Waals surface area contributed by atoms with Gasteiger partial charge in [0.05, 0.1) is 6.61 Å². The quantitative estimate of drug-likeness (QED) is 0.0738. The van der Waals surface area contributed by atoms with Crippen molar-refractivity contribution in [1.29, 1.82) is 0 Å². The lowest BCUT2D eigenvalue weighted by atomic mass is 9.91. The number of hydrazine groups is 1. The van der Waals surface area contributed by atoms with E-state index in [1.54, 1.807) is 24.3 Å². The van der Waals surface area contributed by atoms with Gasteiger partial charge in [-0.15, -0.1) is 0 Å². The fourth-order valence-corrected chi connectivity index (χ4v) is 4.73. The number of hydrogen-bond acceptors (Lipinski definition) is 7. The Labute approximate surface area is 237 Å². The number of aliphatic hydroxyl groups excluding tert-OH is 1. The minimum absolute atomic E-state index is 0.00344. The Bertz CT molecular complexity index is 1590. The fourth-order valence-electron chi connectivity index (χ4n) is 4.73. The SMILES string of the molecule is [N-]=[N+]=Nc1ccccc1C[C@@]1(C(=O)NNCc2cccc3ccccc23)COC(c2ccc(OCCCO)cc2)=N1. The van der Waals surface area contributed by atoms with Crippen LogP contribution in [0.2, 0.25) is 0 Å². The van der Waals surface area contributed by atoms with Crippen LogP contribution in [0.1, 0.15) is 23.1 Å². The first-order valence-corrected chi connectivity index (χ1v) is 13.3. The molecule has 1 atom stereocenters. The highest BCUT2D eigenvalue weighted by Crippen LogP contribution is 2.31. The summed E-state index contributed by atoms with van der Waals surface area (Å²) in [6, 6.07) is 28.5. The zero-order valence-corrected chi connectivity index (χ0v) is 22.4. The van der Waals surface area contributed by atoms with Crippen LogP contribution >= 0.6 is 0 Å². The van der Waals surface area contributed by atoms with Crippen LogP contribution in [0.5, 0.6) is 5.75 Å². The van der Waals surface area contributed by atoms with Gasteiger partial charge in [-0.3, -0.25) is 10.2 Å². The molecule has 0 saturated heterocycles. The van der Waals surface area contributed by atoms with Crippen molar-refractivity contribution >= 4 is 28.3 Å². The lowest BCUT2D eigenvalue weighted by Crippen LogP contribution is -2.52. The van der Waals surface area contributed by atoms with Crippen molar-refractivity contribution in [2.45, 2.75) is 24.9 Å². The van der Waals surface area contributed by atoms with Crippen molar-refractivity contribution in [3.05, 3.63) is 118 Å². The molecule has 0 aliphatic carbocycles. The number of amides is 1. The van der Waals surface area contributed by atoms with Gasteiger partial charge in [-0.1, -0.05) is 71.8 Å². The number of nitrogens with one attached hydrogen (secondary N) is 2. The second-order valence-corrected chi connectivity index (χ2v) is 9.63.